The van der Waals surface area contributed by atoms with Crippen LogP contribution in [-0.4, -0.2) is 33.8 Å². The van der Waals surface area contributed by atoms with Gasteiger partial charge in [0.05, 0.1) is 5.02 Å². The van der Waals surface area contributed by atoms with Crippen LogP contribution in [-0.2, 0) is 6.42 Å². The van der Waals surface area contributed by atoms with Crippen molar-refractivity contribution in [3.05, 3.63) is 94.3 Å². The molecular weight excluding hydrogens is 530 g/mol. The fourth-order valence-corrected chi connectivity index (χ4v) is 6.74. The van der Waals surface area contributed by atoms with Crippen molar-refractivity contribution in [1.82, 2.24) is 15.0 Å². The second kappa shape index (κ2) is 10.1. The molecule has 6 rings (SSSR count). The highest BCUT2D eigenvalue weighted by atomic mass is 35.5. The van der Waals surface area contributed by atoms with Crippen LogP contribution in [0.4, 0.5) is 17.5 Å². The van der Waals surface area contributed by atoms with Crippen LogP contribution in [0.1, 0.15) is 46.1 Å². The molecule has 1 aliphatic heterocycles. The average molecular weight is 558 g/mol. The Morgan fingerprint density at radius 2 is 1.69 bits per heavy atom. The van der Waals surface area contributed by atoms with Gasteiger partial charge in [0.2, 0.25) is 5.78 Å². The number of ketones is 1. The van der Waals surface area contributed by atoms with Gasteiger partial charge in [-0.25, -0.2) is 15.0 Å². The molecule has 10 heteroatoms. The summed E-state index contributed by atoms with van der Waals surface area (Å²) in [5.41, 5.74) is 22.4. The Morgan fingerprint density at radius 1 is 0.974 bits per heavy atom. The largest absolute Gasteiger partial charge is 0.382 e. The van der Waals surface area contributed by atoms with Crippen molar-refractivity contribution < 1.29 is 4.79 Å². The van der Waals surface area contributed by atoms with Crippen LogP contribution >= 0.6 is 23.4 Å². The lowest BCUT2D eigenvalue weighted by Gasteiger charge is -2.42. The molecule has 1 aliphatic carbocycles. The number of piperidine rings is 1. The number of carbonyl (C=O) groups excluding carboxylic acids is 1. The number of pyridine rings is 1. The summed E-state index contributed by atoms with van der Waals surface area (Å²) in [4.78, 5) is 30.0. The number of nitrogen functional groups attached to an aromatic ring is 2. The molecule has 6 N–H and O–H groups in total. The minimum absolute atomic E-state index is 0.00339. The van der Waals surface area contributed by atoms with Gasteiger partial charge in [-0.2, -0.15) is 0 Å². The molecule has 2 aromatic carbocycles. The first-order valence-corrected chi connectivity index (χ1v) is 14.0. The monoisotopic (exact) mass is 557 g/mol. The van der Waals surface area contributed by atoms with E-state index in [9.17, 15) is 4.79 Å². The quantitative estimate of drug-likeness (QED) is 0.292. The van der Waals surface area contributed by atoms with Gasteiger partial charge in [0, 0.05) is 35.8 Å². The Bertz CT molecular complexity index is 1560. The van der Waals surface area contributed by atoms with Gasteiger partial charge < -0.3 is 22.1 Å². The van der Waals surface area contributed by atoms with E-state index in [1.54, 1.807) is 24.4 Å². The number of aromatic nitrogens is 3. The Hall–Kier alpha value is -3.66. The van der Waals surface area contributed by atoms with E-state index in [-0.39, 0.29) is 34.6 Å². The van der Waals surface area contributed by atoms with Gasteiger partial charge in [-0.15, -0.1) is 0 Å². The van der Waals surface area contributed by atoms with Gasteiger partial charge in [-0.1, -0.05) is 78.0 Å². The van der Waals surface area contributed by atoms with Gasteiger partial charge in [-0.05, 0) is 41.9 Å². The number of rotatable bonds is 5. The van der Waals surface area contributed by atoms with Gasteiger partial charge in [-0.3, -0.25) is 4.79 Å². The highest BCUT2D eigenvalue weighted by Crippen LogP contribution is 2.51. The molecule has 2 aliphatic rings. The normalized spacial score (nSPS) is 17.8. The van der Waals surface area contributed by atoms with Crippen molar-refractivity contribution in [2.75, 3.05) is 29.5 Å². The van der Waals surface area contributed by atoms with Crippen molar-refractivity contribution in [2.45, 2.75) is 35.2 Å². The number of carbonyl (C=O) groups is 1. The van der Waals surface area contributed by atoms with Crippen LogP contribution in [0.15, 0.2) is 76.8 Å². The fraction of sp³-hybridized carbons (Fsp3) is 0.241. The molecule has 39 heavy (non-hydrogen) atoms. The molecule has 2 aromatic heterocycles. The number of hydrogen-bond acceptors (Lipinski definition) is 9. The topological polar surface area (TPSA) is 137 Å². The van der Waals surface area contributed by atoms with Crippen molar-refractivity contribution >= 4 is 46.6 Å². The minimum Gasteiger partial charge on any atom is -0.382 e. The molecule has 0 unspecified atom stereocenters. The molecule has 1 atom stereocenters. The molecule has 1 saturated heterocycles. The highest BCUT2D eigenvalue weighted by molar-refractivity contribution is 7.99. The first kappa shape index (κ1) is 25.6. The maximum absolute atomic E-state index is 13.7. The third-order valence-electron chi connectivity index (χ3n) is 7.86. The zero-order valence-corrected chi connectivity index (χ0v) is 22.8. The summed E-state index contributed by atoms with van der Waals surface area (Å²) in [6.07, 6.45) is 4.29. The smallest absolute Gasteiger partial charge is 0.215 e. The first-order valence-electron chi connectivity index (χ1n) is 12.8. The van der Waals surface area contributed by atoms with Gasteiger partial charge in [0.1, 0.15) is 10.8 Å². The first-order chi connectivity index (χ1) is 18.9. The maximum Gasteiger partial charge on any atom is 0.215 e. The summed E-state index contributed by atoms with van der Waals surface area (Å²) in [5.74, 6) is 0.701. The lowest BCUT2D eigenvalue weighted by Crippen LogP contribution is -2.45. The molecule has 0 bridgehead atoms. The Morgan fingerprint density at radius 3 is 2.44 bits per heavy atom. The Balaban J connectivity index is 1.34. The molecule has 4 aromatic rings. The second-order valence-electron chi connectivity index (χ2n) is 10.1. The lowest BCUT2D eigenvalue weighted by molar-refractivity contribution is 0.103. The van der Waals surface area contributed by atoms with E-state index in [2.05, 4.69) is 34.1 Å². The summed E-state index contributed by atoms with van der Waals surface area (Å²) in [6, 6.07) is 19.3. The van der Waals surface area contributed by atoms with Crippen molar-refractivity contribution in [3.8, 4) is 0 Å². The summed E-state index contributed by atoms with van der Waals surface area (Å²) in [7, 11) is 0. The van der Waals surface area contributed by atoms with E-state index in [0.717, 1.165) is 19.3 Å². The highest BCUT2D eigenvalue weighted by Gasteiger charge is 2.46. The van der Waals surface area contributed by atoms with Gasteiger partial charge in [0.25, 0.3) is 0 Å². The van der Waals surface area contributed by atoms with Crippen molar-refractivity contribution in [1.29, 1.82) is 0 Å². The van der Waals surface area contributed by atoms with E-state index < -0.39 is 0 Å². The Labute approximate surface area is 236 Å². The standard InChI is InChI=1S/C29H28ClN7OS/c30-21-20(10-13-34-25(21)32)39-28-26(33)36-27(22(35-28)23(38)17-6-2-1-3-7-17)37-14-11-29(12-15-37)16-18-8-4-5-9-19(18)24(29)31/h1-10,13,24H,11-12,14-16,31H2,(H2,32,34)(H2,33,36)/t24-/m1/s1. The molecule has 8 nitrogen and oxygen atoms in total. The van der Waals surface area contributed by atoms with Crippen LogP contribution in [0.25, 0.3) is 0 Å². The predicted octanol–water partition coefficient (Wildman–Crippen LogP) is 4.91. The fourth-order valence-electron chi connectivity index (χ4n) is 5.69. The third kappa shape index (κ3) is 4.60. The van der Waals surface area contributed by atoms with Crippen LogP contribution in [0.3, 0.4) is 0 Å². The molecule has 1 spiro atoms. The second-order valence-corrected chi connectivity index (χ2v) is 11.5. The van der Waals surface area contributed by atoms with E-state index >= 15 is 0 Å². The number of halogens is 1. The SMILES string of the molecule is Nc1nc(N2CCC3(CC2)Cc2ccccc2[C@H]3N)c(C(=O)c2ccccc2)nc1Sc1ccnc(N)c1Cl. The van der Waals surface area contributed by atoms with Crippen LogP contribution < -0.4 is 22.1 Å². The summed E-state index contributed by atoms with van der Waals surface area (Å²) in [6.45, 7) is 1.40. The average Bonchev–Trinajstić information content (AvgIpc) is 3.23. The lowest BCUT2D eigenvalue weighted by atomic mass is 9.73. The maximum atomic E-state index is 13.7. The van der Waals surface area contributed by atoms with Crippen LogP contribution in [0.5, 0.6) is 0 Å². The van der Waals surface area contributed by atoms with Gasteiger partial charge >= 0.3 is 0 Å². The molecule has 3 heterocycles. The van der Waals surface area contributed by atoms with Crippen molar-refractivity contribution in [2.24, 2.45) is 11.1 Å². The number of fused-ring (bicyclic) bond motifs is 1. The molecule has 198 valence electrons. The Kier molecular flexibility index (Phi) is 6.66. The van der Waals surface area contributed by atoms with E-state index in [4.69, 9.17) is 38.8 Å². The summed E-state index contributed by atoms with van der Waals surface area (Å²) < 4.78 is 0. The molecule has 0 saturated carbocycles. The summed E-state index contributed by atoms with van der Waals surface area (Å²) in [5, 5.41) is 0.686. The molecule has 1 fully saturated rings. The predicted molar refractivity (Wildman–Crippen MR) is 155 cm³/mol. The van der Waals surface area contributed by atoms with Crippen LogP contribution in [0.2, 0.25) is 5.02 Å². The summed E-state index contributed by atoms with van der Waals surface area (Å²) >= 11 is 7.58. The van der Waals surface area contributed by atoms with Crippen LogP contribution in [0, 0.1) is 5.41 Å². The number of hydrogen-bond donors (Lipinski definition) is 3. The third-order valence-corrected chi connectivity index (χ3v) is 9.42. The van der Waals surface area contributed by atoms with Gasteiger partial charge in [0.15, 0.2) is 17.3 Å². The number of nitrogens with zero attached hydrogens (tertiary/aromatic N) is 4. The number of benzene rings is 2. The zero-order valence-electron chi connectivity index (χ0n) is 21.2. The van der Waals surface area contributed by atoms with Crippen molar-refractivity contribution in [3.63, 3.8) is 0 Å². The van der Waals surface area contributed by atoms with E-state index in [1.165, 1.54) is 22.9 Å². The molecular formula is C29H28ClN7OS. The molecule has 0 radical (unpaired) electrons. The molecule has 0 amide bonds. The van der Waals surface area contributed by atoms with E-state index in [1.807, 2.05) is 18.2 Å². The zero-order chi connectivity index (χ0) is 27.1. The number of nitrogens with two attached hydrogens (primary N) is 3. The number of anilines is 3. The van der Waals surface area contributed by atoms with E-state index in [0.29, 0.717) is 39.4 Å². The minimum atomic E-state index is -0.217.